The third-order valence-corrected chi connectivity index (χ3v) is 3.24. The van der Waals surface area contributed by atoms with E-state index in [2.05, 4.69) is 31.1 Å². The van der Waals surface area contributed by atoms with Crippen LogP contribution in [-0.2, 0) is 4.79 Å². The van der Waals surface area contributed by atoms with Crippen LogP contribution in [0.5, 0.6) is 0 Å². The molecule has 1 rings (SSSR count). The number of carboxylic acid groups (broad SMARTS) is 1. The van der Waals surface area contributed by atoms with E-state index in [1.165, 1.54) is 0 Å². The topological polar surface area (TPSA) is 52.6 Å². The van der Waals surface area contributed by atoms with Gasteiger partial charge in [0.05, 0.1) is 0 Å². The van der Waals surface area contributed by atoms with E-state index in [1.807, 2.05) is 0 Å². The lowest BCUT2D eigenvalue weighted by molar-refractivity contribution is -0.144. The molecule has 0 heterocycles. The number of nitrogens with zero attached hydrogens (tertiary/aromatic N) is 1. The zero-order valence-corrected chi connectivity index (χ0v) is 11.5. The monoisotopic (exact) mass is 242 g/mol. The molecule has 1 unspecified atom stereocenters. The van der Waals surface area contributed by atoms with Gasteiger partial charge in [-0.15, -0.1) is 0 Å². The van der Waals surface area contributed by atoms with E-state index in [-0.39, 0.29) is 0 Å². The summed E-state index contributed by atoms with van der Waals surface area (Å²) in [6.07, 6.45) is 2.89. The van der Waals surface area contributed by atoms with Crippen LogP contribution in [0.15, 0.2) is 0 Å². The molecule has 4 nitrogen and oxygen atoms in total. The molecule has 1 aliphatic rings. The Labute approximate surface area is 104 Å². The lowest BCUT2D eigenvalue weighted by Gasteiger charge is -2.29. The molecule has 0 aliphatic heterocycles. The van der Waals surface area contributed by atoms with Crippen LogP contribution in [0, 0.1) is 5.92 Å². The second-order valence-corrected chi connectivity index (χ2v) is 5.96. The first kappa shape index (κ1) is 14.5. The van der Waals surface area contributed by atoms with Gasteiger partial charge < -0.3 is 10.0 Å². The van der Waals surface area contributed by atoms with Gasteiger partial charge >= 0.3 is 5.97 Å². The Morgan fingerprint density at radius 3 is 2.53 bits per heavy atom. The molecule has 0 aromatic rings. The summed E-state index contributed by atoms with van der Waals surface area (Å²) in [7, 11) is 2.05. The Morgan fingerprint density at radius 1 is 1.53 bits per heavy atom. The molecule has 0 aromatic carbocycles. The van der Waals surface area contributed by atoms with Crippen LogP contribution >= 0.6 is 0 Å². The molecule has 0 aromatic heterocycles. The van der Waals surface area contributed by atoms with E-state index in [9.17, 15) is 9.90 Å². The second-order valence-electron chi connectivity index (χ2n) is 5.96. The average Bonchev–Trinajstić information content (AvgIpc) is 2.97. The molecule has 0 amide bonds. The average molecular weight is 242 g/mol. The Kier molecular flexibility index (Phi) is 4.95. The SMILES string of the molecule is CC(C)CN(C)CCC(C)(NC1CC1)C(=O)O. The highest BCUT2D eigenvalue weighted by atomic mass is 16.4. The van der Waals surface area contributed by atoms with Gasteiger partial charge in [-0.3, -0.25) is 10.1 Å². The molecule has 1 atom stereocenters. The van der Waals surface area contributed by atoms with Gasteiger partial charge in [-0.05, 0) is 39.2 Å². The third kappa shape index (κ3) is 5.04. The standard InChI is InChI=1S/C13H26N2O2/c1-10(2)9-15(4)8-7-13(3,12(16)17)14-11-5-6-11/h10-11,14H,5-9H2,1-4H3,(H,16,17). The van der Waals surface area contributed by atoms with Gasteiger partial charge in [0, 0.05) is 19.1 Å². The maximum Gasteiger partial charge on any atom is 0.323 e. The molecular formula is C13H26N2O2. The van der Waals surface area contributed by atoms with Crippen molar-refractivity contribution in [1.29, 1.82) is 0 Å². The smallest absolute Gasteiger partial charge is 0.323 e. The first-order valence-corrected chi connectivity index (χ1v) is 6.53. The van der Waals surface area contributed by atoms with E-state index < -0.39 is 11.5 Å². The lowest BCUT2D eigenvalue weighted by Crippen LogP contribution is -2.52. The number of hydrogen-bond acceptors (Lipinski definition) is 3. The molecule has 2 N–H and O–H groups in total. The minimum Gasteiger partial charge on any atom is -0.480 e. The maximum atomic E-state index is 11.3. The fraction of sp³-hybridized carbons (Fsp3) is 0.923. The summed E-state index contributed by atoms with van der Waals surface area (Å²) in [5.41, 5.74) is -0.771. The van der Waals surface area contributed by atoms with Crippen molar-refractivity contribution in [1.82, 2.24) is 10.2 Å². The van der Waals surface area contributed by atoms with Gasteiger partial charge in [0.15, 0.2) is 0 Å². The maximum absolute atomic E-state index is 11.3. The summed E-state index contributed by atoms with van der Waals surface area (Å²) in [6.45, 7) is 7.99. The molecule has 100 valence electrons. The van der Waals surface area contributed by atoms with Crippen LogP contribution in [-0.4, -0.2) is 47.7 Å². The number of aliphatic carboxylic acids is 1. The highest BCUT2D eigenvalue weighted by Crippen LogP contribution is 2.24. The number of nitrogens with one attached hydrogen (secondary N) is 1. The largest absolute Gasteiger partial charge is 0.480 e. The van der Waals surface area contributed by atoms with Gasteiger partial charge in [-0.1, -0.05) is 13.8 Å². The number of carboxylic acids is 1. The Morgan fingerprint density at radius 2 is 2.12 bits per heavy atom. The molecule has 0 saturated heterocycles. The van der Waals surface area contributed by atoms with Gasteiger partial charge in [0.25, 0.3) is 0 Å². The first-order valence-electron chi connectivity index (χ1n) is 6.53. The fourth-order valence-corrected chi connectivity index (χ4v) is 2.05. The van der Waals surface area contributed by atoms with Crippen molar-refractivity contribution in [3.8, 4) is 0 Å². The zero-order chi connectivity index (χ0) is 13.1. The summed E-state index contributed by atoms with van der Waals surface area (Å²) < 4.78 is 0. The van der Waals surface area contributed by atoms with Crippen LogP contribution in [0.2, 0.25) is 0 Å². The third-order valence-electron chi connectivity index (χ3n) is 3.24. The van der Waals surface area contributed by atoms with Gasteiger partial charge in [0.1, 0.15) is 5.54 Å². The molecule has 0 spiro atoms. The van der Waals surface area contributed by atoms with Crippen LogP contribution in [0.1, 0.15) is 40.0 Å². The summed E-state index contributed by atoms with van der Waals surface area (Å²) in [4.78, 5) is 13.5. The predicted molar refractivity (Wildman–Crippen MR) is 69.2 cm³/mol. The summed E-state index contributed by atoms with van der Waals surface area (Å²) in [6, 6.07) is 0.423. The first-order chi connectivity index (χ1) is 7.83. The van der Waals surface area contributed by atoms with Crippen LogP contribution in [0.4, 0.5) is 0 Å². The number of carbonyl (C=O) groups is 1. The van der Waals surface area contributed by atoms with E-state index in [1.54, 1.807) is 6.92 Å². The van der Waals surface area contributed by atoms with Gasteiger partial charge in [0.2, 0.25) is 0 Å². The Bertz CT molecular complexity index is 264. The van der Waals surface area contributed by atoms with Crippen LogP contribution < -0.4 is 5.32 Å². The normalized spacial score (nSPS) is 19.6. The van der Waals surface area contributed by atoms with Crippen LogP contribution in [0.3, 0.4) is 0 Å². The zero-order valence-electron chi connectivity index (χ0n) is 11.5. The van der Waals surface area contributed by atoms with Crippen molar-refractivity contribution in [3.05, 3.63) is 0 Å². The van der Waals surface area contributed by atoms with E-state index >= 15 is 0 Å². The number of hydrogen-bond donors (Lipinski definition) is 2. The van der Waals surface area contributed by atoms with E-state index in [0.717, 1.165) is 25.9 Å². The van der Waals surface area contributed by atoms with Gasteiger partial charge in [-0.2, -0.15) is 0 Å². The van der Waals surface area contributed by atoms with Gasteiger partial charge in [-0.25, -0.2) is 0 Å². The van der Waals surface area contributed by atoms with Crippen molar-refractivity contribution in [2.45, 2.75) is 51.6 Å². The quantitative estimate of drug-likeness (QED) is 0.678. The van der Waals surface area contributed by atoms with Crippen molar-refractivity contribution < 1.29 is 9.90 Å². The van der Waals surface area contributed by atoms with Crippen molar-refractivity contribution in [2.75, 3.05) is 20.1 Å². The minimum atomic E-state index is -0.771. The Balaban J connectivity index is 2.40. The number of rotatable bonds is 8. The molecule has 1 aliphatic carbocycles. The minimum absolute atomic E-state index is 0.423. The summed E-state index contributed by atoms with van der Waals surface area (Å²) in [5, 5.41) is 12.6. The van der Waals surface area contributed by atoms with E-state index in [4.69, 9.17) is 0 Å². The second kappa shape index (κ2) is 5.83. The molecule has 0 bridgehead atoms. The molecule has 0 radical (unpaired) electrons. The van der Waals surface area contributed by atoms with E-state index in [0.29, 0.717) is 18.4 Å². The summed E-state index contributed by atoms with van der Waals surface area (Å²) >= 11 is 0. The lowest BCUT2D eigenvalue weighted by atomic mass is 9.97. The highest BCUT2D eigenvalue weighted by Gasteiger charge is 2.38. The molecule has 1 saturated carbocycles. The molecule has 4 heteroatoms. The molecular weight excluding hydrogens is 216 g/mol. The van der Waals surface area contributed by atoms with Crippen molar-refractivity contribution in [3.63, 3.8) is 0 Å². The Hall–Kier alpha value is -0.610. The van der Waals surface area contributed by atoms with Crippen molar-refractivity contribution >= 4 is 5.97 Å². The predicted octanol–water partition coefficient (Wildman–Crippen LogP) is 1.56. The highest BCUT2D eigenvalue weighted by molar-refractivity contribution is 5.78. The molecule has 17 heavy (non-hydrogen) atoms. The van der Waals surface area contributed by atoms with Crippen molar-refractivity contribution in [2.24, 2.45) is 5.92 Å². The summed E-state index contributed by atoms with van der Waals surface area (Å²) in [5.74, 6) is -0.116. The molecule has 1 fully saturated rings. The van der Waals surface area contributed by atoms with Crippen LogP contribution in [0.25, 0.3) is 0 Å². The fourth-order valence-electron chi connectivity index (χ4n) is 2.05.